The van der Waals surface area contributed by atoms with E-state index in [9.17, 15) is 9.59 Å². The van der Waals surface area contributed by atoms with Gasteiger partial charge in [-0.3, -0.25) is 10.1 Å². The Morgan fingerprint density at radius 1 is 1.31 bits per heavy atom. The quantitative estimate of drug-likeness (QED) is 0.892. The van der Waals surface area contributed by atoms with E-state index in [2.05, 4.69) is 22.4 Å². The van der Waals surface area contributed by atoms with Crippen LogP contribution in [0, 0.1) is 5.92 Å². The second-order valence-corrected chi connectivity index (χ2v) is 6.89. The summed E-state index contributed by atoms with van der Waals surface area (Å²) in [4.78, 5) is 30.9. The van der Waals surface area contributed by atoms with Gasteiger partial charge < -0.3 is 14.2 Å². The number of amides is 2. The maximum Gasteiger partial charge on any atom is 0.323 e. The zero-order chi connectivity index (χ0) is 18.1. The number of nitrogens with zero attached hydrogens (tertiary/aromatic N) is 3. The second-order valence-electron chi connectivity index (χ2n) is 6.89. The maximum atomic E-state index is 12.9. The summed E-state index contributed by atoms with van der Waals surface area (Å²) in [6, 6.07) is 10.1. The van der Waals surface area contributed by atoms with Crippen molar-refractivity contribution in [3.63, 3.8) is 0 Å². The summed E-state index contributed by atoms with van der Waals surface area (Å²) >= 11 is 0. The highest BCUT2D eigenvalue weighted by Crippen LogP contribution is 2.40. The molecule has 7 nitrogen and oxygen atoms in total. The Hall–Kier alpha value is -2.67. The molecule has 3 atom stereocenters. The van der Waals surface area contributed by atoms with Crippen LogP contribution in [0.3, 0.4) is 0 Å². The maximum absolute atomic E-state index is 12.9. The zero-order valence-electron chi connectivity index (χ0n) is 14.7. The van der Waals surface area contributed by atoms with Gasteiger partial charge in [-0.2, -0.15) is 0 Å². The Morgan fingerprint density at radius 3 is 2.92 bits per heavy atom. The molecule has 1 N–H and O–H groups in total. The second kappa shape index (κ2) is 6.92. The van der Waals surface area contributed by atoms with Crippen LogP contribution < -0.4 is 10.9 Å². The fraction of sp³-hybridized carbons (Fsp3) is 0.421. The molecule has 2 aromatic rings. The molecule has 2 fully saturated rings. The lowest BCUT2D eigenvalue weighted by Gasteiger charge is -2.32. The molecule has 1 aromatic heterocycles. The van der Waals surface area contributed by atoms with Gasteiger partial charge >= 0.3 is 6.03 Å². The number of ether oxygens (including phenoxy) is 1. The van der Waals surface area contributed by atoms with E-state index < -0.39 is 0 Å². The summed E-state index contributed by atoms with van der Waals surface area (Å²) < 4.78 is 7.09. The largest absolute Gasteiger partial charge is 0.381 e. The van der Waals surface area contributed by atoms with Gasteiger partial charge in [-0.1, -0.05) is 30.3 Å². The number of likely N-dealkylation sites (tertiary alicyclic amines) is 1. The van der Waals surface area contributed by atoms with Crippen LogP contribution in [-0.4, -0.2) is 46.3 Å². The van der Waals surface area contributed by atoms with E-state index in [-0.39, 0.29) is 35.3 Å². The number of hydrogen-bond donors (Lipinski definition) is 1. The first-order valence-electron chi connectivity index (χ1n) is 8.87. The Kier molecular flexibility index (Phi) is 4.46. The van der Waals surface area contributed by atoms with Crippen molar-refractivity contribution < 1.29 is 9.53 Å². The number of aromatic nitrogens is 2. The molecule has 0 bridgehead atoms. The topological polar surface area (TPSA) is 76.5 Å². The fourth-order valence-electron chi connectivity index (χ4n) is 4.05. The van der Waals surface area contributed by atoms with Gasteiger partial charge in [-0.15, -0.1) is 0 Å². The first kappa shape index (κ1) is 16.8. The summed E-state index contributed by atoms with van der Waals surface area (Å²) in [6.45, 7) is 1.92. The summed E-state index contributed by atoms with van der Waals surface area (Å²) in [5.74, 6) is 0.564. The molecular formula is C19H22N4O3. The molecule has 4 rings (SSSR count). The summed E-state index contributed by atoms with van der Waals surface area (Å²) in [6.07, 6.45) is 3.88. The minimum Gasteiger partial charge on any atom is -0.381 e. The van der Waals surface area contributed by atoms with E-state index in [4.69, 9.17) is 4.74 Å². The summed E-state index contributed by atoms with van der Waals surface area (Å²) in [7, 11) is 1.63. The van der Waals surface area contributed by atoms with E-state index in [1.165, 1.54) is 16.3 Å². The van der Waals surface area contributed by atoms with E-state index in [1.54, 1.807) is 13.2 Å². The van der Waals surface area contributed by atoms with Gasteiger partial charge in [-0.05, 0) is 12.0 Å². The molecule has 7 heteroatoms. The van der Waals surface area contributed by atoms with Crippen LogP contribution in [0.25, 0.3) is 0 Å². The number of fused-ring (bicyclic) bond motifs is 1. The van der Waals surface area contributed by atoms with Crippen molar-refractivity contribution in [2.45, 2.75) is 18.4 Å². The number of nitrogens with one attached hydrogen (secondary N) is 1. The zero-order valence-corrected chi connectivity index (χ0v) is 14.7. The Morgan fingerprint density at radius 2 is 2.12 bits per heavy atom. The average Bonchev–Trinajstić information content (AvgIpc) is 3.06. The SMILES string of the molecule is Cn1ccnc(NC(=O)N2CC(c3ccccc3)C3COCCC32)c1=O. The van der Waals surface area contributed by atoms with Crippen LogP contribution in [0.15, 0.2) is 47.5 Å². The number of aryl methyl sites for hydroxylation is 1. The van der Waals surface area contributed by atoms with E-state index in [1.807, 2.05) is 23.1 Å². The first-order valence-corrected chi connectivity index (χ1v) is 8.87. The monoisotopic (exact) mass is 354 g/mol. The molecule has 26 heavy (non-hydrogen) atoms. The molecule has 0 spiro atoms. The van der Waals surface area contributed by atoms with Crippen molar-refractivity contribution in [1.29, 1.82) is 0 Å². The van der Waals surface area contributed by atoms with Crippen molar-refractivity contribution in [3.8, 4) is 0 Å². The van der Waals surface area contributed by atoms with Crippen LogP contribution in [0.1, 0.15) is 17.9 Å². The number of anilines is 1. The van der Waals surface area contributed by atoms with Crippen LogP contribution >= 0.6 is 0 Å². The highest BCUT2D eigenvalue weighted by Gasteiger charge is 2.46. The van der Waals surface area contributed by atoms with Crippen LogP contribution in [0.2, 0.25) is 0 Å². The number of hydrogen-bond acceptors (Lipinski definition) is 4. The minimum atomic E-state index is -0.316. The Balaban J connectivity index is 1.58. The predicted octanol–water partition coefficient (Wildman–Crippen LogP) is 1.82. The van der Waals surface area contributed by atoms with Gasteiger partial charge in [0, 0.05) is 50.5 Å². The van der Waals surface area contributed by atoms with Crippen LogP contribution in [-0.2, 0) is 11.8 Å². The molecule has 3 heterocycles. The first-order chi connectivity index (χ1) is 12.6. The summed E-state index contributed by atoms with van der Waals surface area (Å²) in [5.41, 5.74) is 0.903. The third-order valence-electron chi connectivity index (χ3n) is 5.40. The molecular weight excluding hydrogens is 332 g/mol. The molecule has 136 valence electrons. The van der Waals surface area contributed by atoms with Crippen LogP contribution in [0.4, 0.5) is 10.6 Å². The molecule has 2 saturated heterocycles. The number of benzene rings is 1. The summed E-state index contributed by atoms with van der Waals surface area (Å²) in [5, 5.41) is 2.70. The van der Waals surface area contributed by atoms with Gasteiger partial charge in [0.1, 0.15) is 0 Å². The third kappa shape index (κ3) is 2.99. The molecule has 0 aliphatic carbocycles. The Labute approximate surface area is 151 Å². The van der Waals surface area contributed by atoms with Crippen molar-refractivity contribution in [2.24, 2.45) is 13.0 Å². The van der Waals surface area contributed by atoms with E-state index >= 15 is 0 Å². The Bertz CT molecular complexity index is 851. The fourth-order valence-corrected chi connectivity index (χ4v) is 4.05. The van der Waals surface area contributed by atoms with E-state index in [0.717, 1.165) is 6.42 Å². The van der Waals surface area contributed by atoms with Crippen molar-refractivity contribution in [3.05, 3.63) is 58.6 Å². The number of rotatable bonds is 2. The molecule has 2 aliphatic heterocycles. The normalized spacial score (nSPS) is 25.0. The third-order valence-corrected chi connectivity index (χ3v) is 5.40. The number of urea groups is 1. The minimum absolute atomic E-state index is 0.0618. The van der Waals surface area contributed by atoms with Gasteiger partial charge in [0.05, 0.1) is 6.61 Å². The van der Waals surface area contributed by atoms with Crippen LogP contribution in [0.5, 0.6) is 0 Å². The highest BCUT2D eigenvalue weighted by molar-refractivity contribution is 5.88. The molecule has 0 radical (unpaired) electrons. The van der Waals surface area contributed by atoms with Gasteiger partial charge in [-0.25, -0.2) is 9.78 Å². The lowest BCUT2D eigenvalue weighted by Crippen LogP contribution is -2.44. The molecule has 0 saturated carbocycles. The predicted molar refractivity (Wildman–Crippen MR) is 97.1 cm³/mol. The standard InChI is InChI=1S/C19H22N4O3/c1-22-9-8-20-17(18(22)24)21-19(25)23-11-14(13-5-3-2-4-6-13)15-12-26-10-7-16(15)23/h2-6,8-9,14-16H,7,10-12H2,1H3,(H,20,21,25). The van der Waals surface area contributed by atoms with Gasteiger partial charge in [0.25, 0.3) is 5.56 Å². The smallest absolute Gasteiger partial charge is 0.323 e. The number of carbonyl (C=O) groups excluding carboxylic acids is 1. The lowest BCUT2D eigenvalue weighted by atomic mass is 9.84. The average molecular weight is 354 g/mol. The van der Waals surface area contributed by atoms with Crippen molar-refractivity contribution in [2.75, 3.05) is 25.1 Å². The lowest BCUT2D eigenvalue weighted by molar-refractivity contribution is 0.0272. The van der Waals surface area contributed by atoms with Crippen molar-refractivity contribution >= 4 is 11.8 Å². The van der Waals surface area contributed by atoms with Gasteiger partial charge in [0.15, 0.2) is 0 Å². The molecule has 1 aromatic carbocycles. The number of carbonyl (C=O) groups is 1. The molecule has 3 unspecified atom stereocenters. The molecule has 2 aliphatic rings. The van der Waals surface area contributed by atoms with E-state index in [0.29, 0.717) is 19.8 Å². The van der Waals surface area contributed by atoms with Gasteiger partial charge in [0.2, 0.25) is 5.82 Å². The van der Waals surface area contributed by atoms with Crippen molar-refractivity contribution in [1.82, 2.24) is 14.5 Å². The molecule has 2 amide bonds. The highest BCUT2D eigenvalue weighted by atomic mass is 16.5.